The number of hydrogen-bond acceptors (Lipinski definition) is 4. The fourth-order valence-corrected chi connectivity index (χ4v) is 5.73. The maximum Gasteiger partial charge on any atom is 0.343 e. The van der Waals surface area contributed by atoms with Crippen molar-refractivity contribution in [3.05, 3.63) is 108 Å². The van der Waals surface area contributed by atoms with Gasteiger partial charge in [-0.25, -0.2) is 13.2 Å². The van der Waals surface area contributed by atoms with Gasteiger partial charge < -0.3 is 4.74 Å². The second kappa shape index (κ2) is 8.24. The van der Waals surface area contributed by atoms with Crippen molar-refractivity contribution in [2.75, 3.05) is 0 Å². The molecule has 0 saturated heterocycles. The first-order chi connectivity index (χ1) is 15.3. The SMILES string of the molecule is C=COC(=O)c1ccccc1-c1cccc2c1C(S(=O)(=O)c1ccccc1)=CCC2(C)C. The van der Waals surface area contributed by atoms with E-state index in [9.17, 15) is 13.2 Å². The molecule has 5 heteroatoms. The average Bonchev–Trinajstić information content (AvgIpc) is 2.79. The molecule has 0 aromatic heterocycles. The predicted octanol–water partition coefficient (Wildman–Crippen LogP) is 6.15. The van der Waals surface area contributed by atoms with Crippen LogP contribution >= 0.6 is 0 Å². The van der Waals surface area contributed by atoms with E-state index >= 15 is 0 Å². The zero-order chi connectivity index (χ0) is 22.9. The Morgan fingerprint density at radius 1 is 0.938 bits per heavy atom. The first-order valence-corrected chi connectivity index (χ1v) is 11.8. The fourth-order valence-electron chi connectivity index (χ4n) is 4.17. The minimum atomic E-state index is -3.77. The largest absolute Gasteiger partial charge is 0.432 e. The molecule has 1 aliphatic rings. The molecule has 0 fully saturated rings. The van der Waals surface area contributed by atoms with Crippen molar-refractivity contribution in [2.45, 2.75) is 30.6 Å². The molecule has 0 radical (unpaired) electrons. The van der Waals surface area contributed by atoms with Crippen LogP contribution in [0.1, 0.15) is 41.8 Å². The third kappa shape index (κ3) is 3.69. The van der Waals surface area contributed by atoms with E-state index in [1.54, 1.807) is 48.5 Å². The summed E-state index contributed by atoms with van der Waals surface area (Å²) >= 11 is 0. The van der Waals surface area contributed by atoms with E-state index in [2.05, 4.69) is 20.4 Å². The molecule has 32 heavy (non-hydrogen) atoms. The Labute approximate surface area is 188 Å². The molecular formula is C27H24O4S. The Morgan fingerprint density at radius 3 is 2.31 bits per heavy atom. The normalized spacial score (nSPS) is 14.8. The van der Waals surface area contributed by atoms with Crippen LogP contribution in [-0.2, 0) is 20.0 Å². The summed E-state index contributed by atoms with van der Waals surface area (Å²) in [5.74, 6) is -0.542. The van der Waals surface area contributed by atoms with Gasteiger partial charge in [0.2, 0.25) is 9.84 Å². The fraction of sp³-hybridized carbons (Fsp3) is 0.148. The smallest absolute Gasteiger partial charge is 0.343 e. The second-order valence-corrected chi connectivity index (χ2v) is 10.2. The summed E-state index contributed by atoms with van der Waals surface area (Å²) < 4.78 is 32.4. The van der Waals surface area contributed by atoms with Gasteiger partial charge in [-0.2, -0.15) is 0 Å². The number of rotatable bonds is 5. The van der Waals surface area contributed by atoms with Gasteiger partial charge in [0.1, 0.15) is 0 Å². The summed E-state index contributed by atoms with van der Waals surface area (Å²) in [4.78, 5) is 13.1. The van der Waals surface area contributed by atoms with Crippen LogP contribution in [0.2, 0.25) is 0 Å². The number of carbonyl (C=O) groups is 1. The molecule has 3 aromatic carbocycles. The van der Waals surface area contributed by atoms with Gasteiger partial charge in [-0.15, -0.1) is 0 Å². The predicted molar refractivity (Wildman–Crippen MR) is 127 cm³/mol. The molecule has 0 bridgehead atoms. The van der Waals surface area contributed by atoms with Gasteiger partial charge in [0, 0.05) is 5.56 Å². The standard InChI is InChI=1S/C27H24O4S/c1-4-31-26(28)22-14-9-8-13-20(22)21-15-10-16-23-25(21)24(17-18-27(23,2)3)32(29,30)19-11-6-5-7-12-19/h4-17H,1,18H2,2-3H3. The number of ether oxygens (including phenoxy) is 1. The topological polar surface area (TPSA) is 60.4 Å². The van der Waals surface area contributed by atoms with Crippen molar-refractivity contribution in [3.63, 3.8) is 0 Å². The lowest BCUT2D eigenvalue weighted by Gasteiger charge is -2.33. The van der Waals surface area contributed by atoms with Crippen LogP contribution in [0.4, 0.5) is 0 Å². The molecule has 0 N–H and O–H groups in total. The second-order valence-electron chi connectivity index (χ2n) is 8.32. The molecule has 0 atom stereocenters. The molecule has 4 nitrogen and oxygen atoms in total. The number of benzene rings is 3. The Bertz CT molecular complexity index is 1330. The summed E-state index contributed by atoms with van der Waals surface area (Å²) in [5, 5.41) is 0. The zero-order valence-corrected chi connectivity index (χ0v) is 18.9. The van der Waals surface area contributed by atoms with Gasteiger partial charge in [0.05, 0.1) is 21.6 Å². The molecule has 0 aliphatic heterocycles. The lowest BCUT2D eigenvalue weighted by Crippen LogP contribution is -2.24. The van der Waals surface area contributed by atoms with Crippen molar-refractivity contribution < 1.29 is 17.9 Å². The molecule has 1 aliphatic carbocycles. The lowest BCUT2D eigenvalue weighted by atomic mass is 9.74. The van der Waals surface area contributed by atoms with Crippen LogP contribution in [-0.4, -0.2) is 14.4 Å². The maximum absolute atomic E-state index is 13.7. The van der Waals surface area contributed by atoms with Crippen LogP contribution < -0.4 is 0 Å². The molecular weight excluding hydrogens is 420 g/mol. The first kappa shape index (κ1) is 21.8. The Hall–Kier alpha value is -3.44. The van der Waals surface area contributed by atoms with Gasteiger partial charge in [-0.05, 0) is 46.7 Å². The van der Waals surface area contributed by atoms with E-state index in [1.165, 1.54) is 0 Å². The van der Waals surface area contributed by atoms with E-state index in [1.807, 2.05) is 30.3 Å². The van der Waals surface area contributed by atoms with Crippen molar-refractivity contribution in [3.8, 4) is 11.1 Å². The van der Waals surface area contributed by atoms with Gasteiger partial charge in [0.15, 0.2) is 0 Å². The van der Waals surface area contributed by atoms with Crippen molar-refractivity contribution >= 4 is 20.7 Å². The summed E-state index contributed by atoms with van der Waals surface area (Å²) in [5.41, 5.74) is 2.93. The summed E-state index contributed by atoms with van der Waals surface area (Å²) in [6.07, 6.45) is 3.48. The molecule has 0 heterocycles. The van der Waals surface area contributed by atoms with Crippen molar-refractivity contribution in [2.24, 2.45) is 0 Å². The molecule has 3 aromatic rings. The number of allylic oxidation sites excluding steroid dienone is 1. The van der Waals surface area contributed by atoms with Gasteiger partial charge in [0.25, 0.3) is 0 Å². The van der Waals surface area contributed by atoms with E-state index in [0.717, 1.165) is 11.8 Å². The number of sulfone groups is 1. The molecule has 0 spiro atoms. The summed E-state index contributed by atoms with van der Waals surface area (Å²) in [6.45, 7) is 7.65. The molecule has 0 amide bonds. The zero-order valence-electron chi connectivity index (χ0n) is 18.0. The lowest BCUT2D eigenvalue weighted by molar-refractivity contribution is 0.0665. The Kier molecular flexibility index (Phi) is 5.61. The summed E-state index contributed by atoms with van der Waals surface area (Å²) in [6, 6.07) is 21.2. The number of esters is 1. The van der Waals surface area contributed by atoms with Gasteiger partial charge in [-0.1, -0.05) is 81.1 Å². The highest BCUT2D eigenvalue weighted by atomic mass is 32.2. The molecule has 0 unspecified atom stereocenters. The number of carbonyl (C=O) groups excluding carboxylic acids is 1. The third-order valence-corrected chi connectivity index (χ3v) is 7.65. The van der Waals surface area contributed by atoms with Crippen LogP contribution in [0, 0.1) is 0 Å². The highest BCUT2D eigenvalue weighted by molar-refractivity contribution is 8.00. The Balaban J connectivity index is 2.01. The molecule has 0 saturated carbocycles. The first-order valence-electron chi connectivity index (χ1n) is 10.3. The number of fused-ring (bicyclic) bond motifs is 1. The minimum absolute atomic E-state index is 0.242. The van der Waals surface area contributed by atoms with Crippen LogP contribution in [0.15, 0.2) is 96.6 Å². The third-order valence-electron chi connectivity index (χ3n) is 5.81. The van der Waals surface area contributed by atoms with Crippen molar-refractivity contribution in [1.29, 1.82) is 0 Å². The highest BCUT2D eigenvalue weighted by Gasteiger charge is 2.36. The quantitative estimate of drug-likeness (QED) is 0.350. The number of hydrogen-bond donors (Lipinski definition) is 0. The summed E-state index contributed by atoms with van der Waals surface area (Å²) in [7, 11) is -3.77. The monoisotopic (exact) mass is 444 g/mol. The van der Waals surface area contributed by atoms with Crippen LogP contribution in [0.3, 0.4) is 0 Å². The van der Waals surface area contributed by atoms with Gasteiger partial charge in [-0.3, -0.25) is 0 Å². The molecule has 4 rings (SSSR count). The highest BCUT2D eigenvalue weighted by Crippen LogP contribution is 2.47. The van der Waals surface area contributed by atoms with E-state index in [0.29, 0.717) is 28.7 Å². The molecule has 162 valence electrons. The minimum Gasteiger partial charge on any atom is -0.432 e. The van der Waals surface area contributed by atoms with Crippen LogP contribution in [0.5, 0.6) is 0 Å². The van der Waals surface area contributed by atoms with E-state index in [4.69, 9.17) is 4.74 Å². The average molecular weight is 445 g/mol. The maximum atomic E-state index is 13.7. The van der Waals surface area contributed by atoms with Crippen LogP contribution in [0.25, 0.3) is 16.0 Å². The van der Waals surface area contributed by atoms with E-state index < -0.39 is 15.8 Å². The van der Waals surface area contributed by atoms with Gasteiger partial charge >= 0.3 is 5.97 Å². The van der Waals surface area contributed by atoms with Crippen molar-refractivity contribution in [1.82, 2.24) is 0 Å². The van der Waals surface area contributed by atoms with E-state index in [-0.39, 0.29) is 15.2 Å². The Morgan fingerprint density at radius 2 is 1.59 bits per heavy atom.